The molecular weight excluding hydrogens is 146 g/mol. The van der Waals surface area contributed by atoms with E-state index in [2.05, 4.69) is 11.9 Å². The number of hydrogen-bond acceptors (Lipinski definition) is 1. The van der Waals surface area contributed by atoms with Crippen LogP contribution in [0.15, 0.2) is 0 Å². The van der Waals surface area contributed by atoms with Gasteiger partial charge in [-0.3, -0.25) is 0 Å². The third-order valence-corrected chi connectivity index (χ3v) is 3.06. The van der Waals surface area contributed by atoms with Crippen LogP contribution in [-0.4, -0.2) is 24.0 Å². The largest absolute Gasteiger partial charge is 0.300 e. The van der Waals surface area contributed by atoms with Crippen LogP contribution in [-0.2, 0) is 0 Å². The van der Waals surface area contributed by atoms with Gasteiger partial charge in [0, 0.05) is 12.1 Å². The van der Waals surface area contributed by atoms with E-state index in [1.807, 2.05) is 0 Å². The standard InChI is InChI=1S/C8H15N.ClH/c1-9-7-3-2-4-8(9)6-5-7;/h7-8H,2-6H2,1H3;1H/t7-,8+;. The number of nitrogens with zero attached hydrogens (tertiary/aromatic N) is 1. The van der Waals surface area contributed by atoms with E-state index in [0.29, 0.717) is 0 Å². The van der Waals surface area contributed by atoms with Gasteiger partial charge < -0.3 is 4.90 Å². The van der Waals surface area contributed by atoms with Gasteiger partial charge in [0.15, 0.2) is 0 Å². The number of fused-ring (bicyclic) bond motifs is 2. The van der Waals surface area contributed by atoms with E-state index in [9.17, 15) is 0 Å². The highest BCUT2D eigenvalue weighted by atomic mass is 35.5. The second kappa shape index (κ2) is 3.10. The van der Waals surface area contributed by atoms with Crippen molar-refractivity contribution in [2.24, 2.45) is 0 Å². The van der Waals surface area contributed by atoms with Crippen molar-refractivity contribution in [2.45, 2.75) is 44.2 Å². The van der Waals surface area contributed by atoms with E-state index in [0.717, 1.165) is 12.1 Å². The average molecular weight is 162 g/mol. The van der Waals surface area contributed by atoms with Crippen molar-refractivity contribution in [2.75, 3.05) is 7.05 Å². The van der Waals surface area contributed by atoms with Gasteiger partial charge in [-0.25, -0.2) is 0 Å². The van der Waals surface area contributed by atoms with Gasteiger partial charge in [0.1, 0.15) is 0 Å². The second-order valence-electron chi connectivity index (χ2n) is 3.48. The van der Waals surface area contributed by atoms with Gasteiger partial charge in [0.05, 0.1) is 0 Å². The summed E-state index contributed by atoms with van der Waals surface area (Å²) in [5, 5.41) is 0. The molecule has 0 radical (unpaired) electrons. The maximum Gasteiger partial charge on any atom is 0.00957 e. The number of rotatable bonds is 0. The molecule has 2 aliphatic heterocycles. The molecule has 2 bridgehead atoms. The lowest BCUT2D eigenvalue weighted by Gasteiger charge is -2.30. The predicted molar refractivity (Wildman–Crippen MR) is 45.7 cm³/mol. The fourth-order valence-electron chi connectivity index (χ4n) is 2.38. The molecule has 0 saturated carbocycles. The van der Waals surface area contributed by atoms with Gasteiger partial charge in [0.25, 0.3) is 0 Å². The Bertz CT molecular complexity index is 99.8. The fraction of sp³-hybridized carbons (Fsp3) is 1.00. The first-order valence-corrected chi connectivity index (χ1v) is 4.10. The third-order valence-electron chi connectivity index (χ3n) is 3.06. The third kappa shape index (κ3) is 1.17. The number of halogens is 1. The maximum absolute atomic E-state index is 2.59. The highest BCUT2D eigenvalue weighted by molar-refractivity contribution is 5.85. The Kier molecular flexibility index (Phi) is 2.59. The minimum Gasteiger partial charge on any atom is -0.300 e. The highest BCUT2D eigenvalue weighted by Crippen LogP contribution is 2.33. The van der Waals surface area contributed by atoms with Crippen LogP contribution in [0.4, 0.5) is 0 Å². The smallest absolute Gasteiger partial charge is 0.00957 e. The van der Waals surface area contributed by atoms with E-state index in [1.165, 1.54) is 32.1 Å². The minimum absolute atomic E-state index is 0. The molecule has 2 heteroatoms. The summed E-state index contributed by atoms with van der Waals surface area (Å²) in [6.45, 7) is 0. The molecule has 2 aliphatic rings. The maximum atomic E-state index is 2.59. The summed E-state index contributed by atoms with van der Waals surface area (Å²) >= 11 is 0. The molecule has 0 unspecified atom stereocenters. The molecule has 0 amide bonds. The molecule has 2 fully saturated rings. The molecule has 2 atom stereocenters. The van der Waals surface area contributed by atoms with Crippen LogP contribution in [0.2, 0.25) is 0 Å². The van der Waals surface area contributed by atoms with Crippen LogP contribution in [0.25, 0.3) is 0 Å². The molecule has 1 nitrogen and oxygen atoms in total. The zero-order valence-corrected chi connectivity index (χ0v) is 7.36. The van der Waals surface area contributed by atoms with Crippen LogP contribution < -0.4 is 0 Å². The molecule has 0 N–H and O–H groups in total. The van der Waals surface area contributed by atoms with Crippen LogP contribution >= 0.6 is 12.4 Å². The monoisotopic (exact) mass is 161 g/mol. The zero-order valence-electron chi connectivity index (χ0n) is 6.55. The number of piperidine rings is 1. The zero-order chi connectivity index (χ0) is 6.27. The van der Waals surface area contributed by atoms with Gasteiger partial charge in [-0.15, -0.1) is 12.4 Å². The van der Waals surface area contributed by atoms with E-state index < -0.39 is 0 Å². The van der Waals surface area contributed by atoms with Crippen molar-refractivity contribution in [1.82, 2.24) is 4.90 Å². The fourth-order valence-corrected chi connectivity index (χ4v) is 2.38. The molecule has 0 aromatic rings. The quantitative estimate of drug-likeness (QED) is 0.526. The van der Waals surface area contributed by atoms with Crippen molar-refractivity contribution in [1.29, 1.82) is 0 Å². The van der Waals surface area contributed by atoms with Crippen LogP contribution in [0, 0.1) is 0 Å². The van der Waals surface area contributed by atoms with Crippen molar-refractivity contribution in [3.05, 3.63) is 0 Å². The van der Waals surface area contributed by atoms with Crippen molar-refractivity contribution in [3.63, 3.8) is 0 Å². The summed E-state index contributed by atoms with van der Waals surface area (Å²) in [6, 6.07) is 1.92. The first-order valence-electron chi connectivity index (χ1n) is 4.10. The van der Waals surface area contributed by atoms with Crippen molar-refractivity contribution >= 4 is 12.4 Å². The Morgan fingerprint density at radius 2 is 1.50 bits per heavy atom. The lowest BCUT2D eigenvalue weighted by Crippen LogP contribution is -2.35. The molecule has 2 heterocycles. The van der Waals surface area contributed by atoms with E-state index in [1.54, 1.807) is 0 Å². The lowest BCUT2D eigenvalue weighted by atomic mass is 10.0. The summed E-state index contributed by atoms with van der Waals surface area (Å²) in [7, 11) is 2.29. The van der Waals surface area contributed by atoms with E-state index >= 15 is 0 Å². The van der Waals surface area contributed by atoms with E-state index in [4.69, 9.17) is 0 Å². The van der Waals surface area contributed by atoms with Gasteiger partial charge in [0.2, 0.25) is 0 Å². The average Bonchev–Trinajstić information content (AvgIpc) is 2.19. The van der Waals surface area contributed by atoms with Crippen molar-refractivity contribution in [3.8, 4) is 0 Å². The second-order valence-corrected chi connectivity index (χ2v) is 3.48. The molecule has 2 rings (SSSR count). The lowest BCUT2D eigenvalue weighted by molar-refractivity contribution is 0.179. The normalized spacial score (nSPS) is 39.3. The first-order chi connectivity index (χ1) is 4.38. The van der Waals surface area contributed by atoms with Gasteiger partial charge in [-0.2, -0.15) is 0 Å². The van der Waals surface area contributed by atoms with Gasteiger partial charge >= 0.3 is 0 Å². The summed E-state index contributed by atoms with van der Waals surface area (Å²) < 4.78 is 0. The molecule has 0 aliphatic carbocycles. The Morgan fingerprint density at radius 3 is 1.90 bits per heavy atom. The van der Waals surface area contributed by atoms with E-state index in [-0.39, 0.29) is 12.4 Å². The molecular formula is C8H16ClN. The molecule has 60 valence electrons. The summed E-state index contributed by atoms with van der Waals surface area (Å²) in [4.78, 5) is 2.59. The van der Waals surface area contributed by atoms with Crippen LogP contribution in [0.3, 0.4) is 0 Å². The summed E-state index contributed by atoms with van der Waals surface area (Å²) in [6.07, 6.45) is 7.36. The molecule has 0 spiro atoms. The molecule has 0 aromatic carbocycles. The highest BCUT2D eigenvalue weighted by Gasteiger charge is 2.33. The van der Waals surface area contributed by atoms with Gasteiger partial charge in [-0.05, 0) is 32.7 Å². The van der Waals surface area contributed by atoms with Gasteiger partial charge in [-0.1, -0.05) is 6.42 Å². The summed E-state index contributed by atoms with van der Waals surface area (Å²) in [5.74, 6) is 0. The Balaban J connectivity index is 0.000000500. The first kappa shape index (κ1) is 8.35. The molecule has 0 aromatic heterocycles. The topological polar surface area (TPSA) is 3.24 Å². The minimum atomic E-state index is 0. The Labute approximate surface area is 69.2 Å². The Hall–Kier alpha value is 0.250. The van der Waals surface area contributed by atoms with Crippen LogP contribution in [0.5, 0.6) is 0 Å². The van der Waals surface area contributed by atoms with Crippen molar-refractivity contribution < 1.29 is 0 Å². The van der Waals surface area contributed by atoms with Crippen LogP contribution in [0.1, 0.15) is 32.1 Å². The Morgan fingerprint density at radius 1 is 1.00 bits per heavy atom. The molecule has 2 saturated heterocycles. The number of hydrogen-bond donors (Lipinski definition) is 0. The summed E-state index contributed by atoms with van der Waals surface area (Å²) in [5.41, 5.74) is 0. The SMILES string of the molecule is CN1[C@@H]2CCC[C@H]1CC2.Cl. The molecule has 10 heavy (non-hydrogen) atoms. The predicted octanol–water partition coefficient (Wildman–Crippen LogP) is 2.05.